The van der Waals surface area contributed by atoms with Crippen molar-refractivity contribution in [3.63, 3.8) is 0 Å². The van der Waals surface area contributed by atoms with Gasteiger partial charge in [-0.05, 0) is 43.9 Å². The van der Waals surface area contributed by atoms with E-state index >= 15 is 0 Å². The predicted octanol–water partition coefficient (Wildman–Crippen LogP) is 2.82. The normalized spacial score (nSPS) is 20.6. The number of carbonyl (C=O) groups excluding carboxylic acids is 1. The largest absolute Gasteiger partial charge is 0.340 e. The first-order valence-corrected chi connectivity index (χ1v) is 11.6. The van der Waals surface area contributed by atoms with E-state index in [1.807, 2.05) is 19.1 Å². The summed E-state index contributed by atoms with van der Waals surface area (Å²) >= 11 is 0. The number of carbonyl (C=O) groups is 1. The number of amides is 1. The first kappa shape index (κ1) is 18.9. The highest BCUT2D eigenvalue weighted by Gasteiger charge is 2.34. The maximum atomic E-state index is 13.1. The lowest BCUT2D eigenvalue weighted by Gasteiger charge is -2.32. The minimum absolute atomic E-state index is 0.0548. The Hall–Kier alpha value is -2.41. The van der Waals surface area contributed by atoms with E-state index in [2.05, 4.69) is 28.1 Å². The van der Waals surface area contributed by atoms with Crippen molar-refractivity contribution in [1.29, 1.82) is 0 Å². The van der Waals surface area contributed by atoms with E-state index in [-0.39, 0.29) is 23.5 Å². The molecular weight excluding hydrogens is 374 g/mol. The number of sulfone groups is 1. The third kappa shape index (κ3) is 3.63. The summed E-state index contributed by atoms with van der Waals surface area (Å²) < 4.78 is 23.7. The number of aryl methyl sites for hydroxylation is 1. The van der Waals surface area contributed by atoms with E-state index in [4.69, 9.17) is 0 Å². The summed E-state index contributed by atoms with van der Waals surface area (Å²) in [7, 11) is -3.04. The number of benzene rings is 1. The minimum atomic E-state index is -3.04. The molecule has 1 saturated heterocycles. The van der Waals surface area contributed by atoms with Gasteiger partial charge in [-0.1, -0.05) is 18.2 Å². The van der Waals surface area contributed by atoms with Crippen LogP contribution in [-0.4, -0.2) is 54.8 Å². The lowest BCUT2D eigenvalue weighted by molar-refractivity contribution is 0.0708. The first-order valence-electron chi connectivity index (χ1n) is 9.80. The number of pyridine rings is 1. The molecule has 0 radical (unpaired) electrons. The van der Waals surface area contributed by atoms with Crippen LogP contribution >= 0.6 is 0 Å². The molecule has 0 spiro atoms. The molecule has 0 N–H and O–H groups in total. The van der Waals surface area contributed by atoms with Crippen LogP contribution < -0.4 is 4.90 Å². The third-order valence-electron chi connectivity index (χ3n) is 5.64. The number of hydrogen-bond donors (Lipinski definition) is 0. The van der Waals surface area contributed by atoms with Gasteiger partial charge < -0.3 is 9.80 Å². The zero-order chi connectivity index (χ0) is 19.7. The first-order chi connectivity index (χ1) is 13.5. The van der Waals surface area contributed by atoms with Crippen molar-refractivity contribution in [2.45, 2.75) is 32.2 Å². The quantitative estimate of drug-likeness (QED) is 0.791. The molecule has 0 aliphatic carbocycles. The van der Waals surface area contributed by atoms with Gasteiger partial charge in [0, 0.05) is 31.0 Å². The van der Waals surface area contributed by atoms with Gasteiger partial charge in [-0.15, -0.1) is 0 Å². The van der Waals surface area contributed by atoms with E-state index in [0.717, 1.165) is 30.8 Å². The summed E-state index contributed by atoms with van der Waals surface area (Å²) in [5, 5.41) is 0. The third-order valence-corrected chi connectivity index (χ3v) is 7.39. The van der Waals surface area contributed by atoms with Crippen LogP contribution in [0.15, 0.2) is 42.7 Å². The summed E-state index contributed by atoms with van der Waals surface area (Å²) in [5.74, 6) is 0.0630. The number of rotatable bonds is 4. The zero-order valence-corrected chi connectivity index (χ0v) is 16.9. The second-order valence-electron chi connectivity index (χ2n) is 7.46. The highest BCUT2D eigenvalue weighted by atomic mass is 32.2. The highest BCUT2D eigenvalue weighted by Crippen LogP contribution is 2.33. The summed E-state index contributed by atoms with van der Waals surface area (Å²) in [6.45, 7) is 3.26. The SMILES string of the molecule is CCN(C(=O)c1cncc(N2CCCc3ccccc32)c1)C1CCS(=O)(=O)C1. The van der Waals surface area contributed by atoms with Gasteiger partial charge in [0.1, 0.15) is 0 Å². The molecule has 148 valence electrons. The van der Waals surface area contributed by atoms with E-state index in [0.29, 0.717) is 18.5 Å². The molecule has 1 fully saturated rings. The van der Waals surface area contributed by atoms with Crippen LogP contribution in [-0.2, 0) is 16.3 Å². The Labute approximate surface area is 166 Å². The fourth-order valence-corrected chi connectivity index (χ4v) is 5.98. The molecule has 6 nitrogen and oxygen atoms in total. The molecule has 1 aromatic heterocycles. The van der Waals surface area contributed by atoms with E-state index in [1.165, 1.54) is 5.56 Å². The van der Waals surface area contributed by atoms with Crippen molar-refractivity contribution in [2.75, 3.05) is 29.5 Å². The molecule has 2 aliphatic heterocycles. The van der Waals surface area contributed by atoms with Crippen molar-refractivity contribution >= 4 is 27.1 Å². The van der Waals surface area contributed by atoms with E-state index in [9.17, 15) is 13.2 Å². The number of nitrogens with zero attached hydrogens (tertiary/aromatic N) is 3. The second kappa shape index (κ2) is 7.54. The molecule has 2 aromatic rings. The van der Waals surface area contributed by atoms with Crippen LogP contribution in [0.4, 0.5) is 11.4 Å². The molecular formula is C21H25N3O3S. The monoisotopic (exact) mass is 399 g/mol. The topological polar surface area (TPSA) is 70.6 Å². The van der Waals surface area contributed by atoms with Crippen molar-refractivity contribution in [3.8, 4) is 0 Å². The number of aromatic nitrogens is 1. The summed E-state index contributed by atoms with van der Waals surface area (Å²) in [6.07, 6.45) is 5.98. The molecule has 0 saturated carbocycles. The molecule has 1 unspecified atom stereocenters. The minimum Gasteiger partial charge on any atom is -0.340 e. The van der Waals surface area contributed by atoms with Gasteiger partial charge in [0.15, 0.2) is 9.84 Å². The van der Waals surface area contributed by atoms with Crippen LogP contribution in [0.2, 0.25) is 0 Å². The molecule has 1 amide bonds. The van der Waals surface area contributed by atoms with Crippen LogP contribution in [0.25, 0.3) is 0 Å². The zero-order valence-electron chi connectivity index (χ0n) is 16.0. The van der Waals surface area contributed by atoms with Gasteiger partial charge >= 0.3 is 0 Å². The van der Waals surface area contributed by atoms with Gasteiger partial charge in [0.25, 0.3) is 5.91 Å². The van der Waals surface area contributed by atoms with Gasteiger partial charge in [0.2, 0.25) is 0 Å². The smallest absolute Gasteiger partial charge is 0.255 e. The lowest BCUT2D eigenvalue weighted by atomic mass is 10.0. The van der Waals surface area contributed by atoms with Crippen LogP contribution in [0.3, 0.4) is 0 Å². The highest BCUT2D eigenvalue weighted by molar-refractivity contribution is 7.91. The maximum absolute atomic E-state index is 13.1. The fourth-order valence-electron chi connectivity index (χ4n) is 4.25. The van der Waals surface area contributed by atoms with Gasteiger partial charge in [-0.2, -0.15) is 0 Å². The Balaban J connectivity index is 1.61. The molecule has 2 aliphatic rings. The van der Waals surface area contributed by atoms with E-state index < -0.39 is 9.84 Å². The summed E-state index contributed by atoms with van der Waals surface area (Å²) in [4.78, 5) is 21.3. The van der Waals surface area contributed by atoms with Crippen LogP contribution in [0, 0.1) is 0 Å². The summed E-state index contributed by atoms with van der Waals surface area (Å²) in [6, 6.07) is 9.95. The van der Waals surface area contributed by atoms with Crippen LogP contribution in [0.1, 0.15) is 35.7 Å². The Morgan fingerprint density at radius 3 is 2.86 bits per heavy atom. The Morgan fingerprint density at radius 1 is 1.29 bits per heavy atom. The standard InChI is InChI=1S/C21H25N3O3S/c1-2-23(18-9-11-28(26,27)15-18)21(25)17-12-19(14-22-13-17)24-10-5-7-16-6-3-4-8-20(16)24/h3-4,6,8,12-14,18H,2,5,7,9-11,15H2,1H3. The molecule has 0 bridgehead atoms. The van der Waals surface area contributed by atoms with Gasteiger partial charge in [-0.25, -0.2) is 8.42 Å². The Kier molecular flexibility index (Phi) is 5.10. The maximum Gasteiger partial charge on any atom is 0.255 e. The molecule has 1 aromatic carbocycles. The van der Waals surface area contributed by atoms with Gasteiger partial charge in [0.05, 0.1) is 29.0 Å². The number of para-hydroxylation sites is 1. The van der Waals surface area contributed by atoms with E-state index in [1.54, 1.807) is 17.3 Å². The number of anilines is 2. The van der Waals surface area contributed by atoms with Crippen molar-refractivity contribution in [1.82, 2.24) is 9.88 Å². The molecule has 1 atom stereocenters. The van der Waals surface area contributed by atoms with Gasteiger partial charge in [-0.3, -0.25) is 9.78 Å². The average molecular weight is 400 g/mol. The van der Waals surface area contributed by atoms with Crippen molar-refractivity contribution in [2.24, 2.45) is 0 Å². The molecule has 7 heteroatoms. The summed E-state index contributed by atoms with van der Waals surface area (Å²) in [5.41, 5.74) is 3.87. The average Bonchev–Trinajstić information content (AvgIpc) is 3.07. The molecule has 3 heterocycles. The van der Waals surface area contributed by atoms with Crippen LogP contribution in [0.5, 0.6) is 0 Å². The fraction of sp³-hybridized carbons (Fsp3) is 0.429. The molecule has 4 rings (SSSR count). The number of hydrogen-bond acceptors (Lipinski definition) is 5. The Bertz CT molecular complexity index is 990. The predicted molar refractivity (Wildman–Crippen MR) is 110 cm³/mol. The van der Waals surface area contributed by atoms with Crippen molar-refractivity contribution < 1.29 is 13.2 Å². The lowest BCUT2D eigenvalue weighted by Crippen LogP contribution is -2.41. The molecule has 28 heavy (non-hydrogen) atoms. The second-order valence-corrected chi connectivity index (χ2v) is 9.69. The van der Waals surface area contributed by atoms with Crippen molar-refractivity contribution in [3.05, 3.63) is 53.9 Å². The number of fused-ring (bicyclic) bond motifs is 1. The Morgan fingerprint density at radius 2 is 2.11 bits per heavy atom.